The Kier molecular flexibility index (Phi) is 11.2. The van der Waals surface area contributed by atoms with Gasteiger partial charge in [0.05, 0.1) is 17.5 Å². The summed E-state index contributed by atoms with van der Waals surface area (Å²) in [6.45, 7) is -0.0102. The van der Waals surface area contributed by atoms with Crippen molar-refractivity contribution in [1.29, 1.82) is 0 Å². The maximum atomic E-state index is 12.9. The molecule has 0 heterocycles. The van der Waals surface area contributed by atoms with E-state index in [4.69, 9.17) is 4.74 Å². The molecule has 0 saturated heterocycles. The molecule has 0 aliphatic heterocycles. The van der Waals surface area contributed by atoms with E-state index in [0.717, 1.165) is 0 Å². The van der Waals surface area contributed by atoms with Gasteiger partial charge in [-0.1, -0.05) is 66.7 Å². The molecule has 0 aliphatic carbocycles. The van der Waals surface area contributed by atoms with Crippen molar-refractivity contribution in [2.24, 2.45) is 0 Å². The van der Waals surface area contributed by atoms with Gasteiger partial charge in [0.25, 0.3) is 0 Å². The zero-order valence-electron chi connectivity index (χ0n) is 22.0. The lowest BCUT2D eigenvalue weighted by Crippen LogP contribution is -2.37. The summed E-state index contributed by atoms with van der Waals surface area (Å²) in [4.78, 5) is 15.6. The van der Waals surface area contributed by atoms with Gasteiger partial charge in [0.2, 0.25) is 0 Å². The first-order valence-electron chi connectivity index (χ1n) is 12.7. The van der Waals surface area contributed by atoms with E-state index in [0.29, 0.717) is 0 Å². The largest absolute Gasteiger partial charge is 0.507 e. The molecule has 8 heteroatoms. The Morgan fingerprint density at radius 2 is 1.12 bits per heavy atom. The molecule has 4 aromatic rings. The quantitative estimate of drug-likeness (QED) is 0.0896. The van der Waals surface area contributed by atoms with Crippen LogP contribution in [0.4, 0.5) is 17.6 Å². The highest BCUT2D eigenvalue weighted by Crippen LogP contribution is 2.37. The summed E-state index contributed by atoms with van der Waals surface area (Å²) < 4.78 is 55.7. The van der Waals surface area contributed by atoms with Crippen molar-refractivity contribution in [3.8, 4) is 5.75 Å². The standard InChI is InChI=1S/C18H15S.C14H16F4O3/c1-4-10-16(11-5-1)19(17-12-6-2-7-13-17)18-14-8-3-9-15-18;1-13(15,16)14(17,18)8-4-5-9-21-12(20)10-6-2-3-7-11(10)19/h1-15H;2-3,6-7,19H,4-5,8-9H2,1H3/q+1;. The number of hydrogen-bond donors (Lipinski definition) is 1. The SMILES string of the molecule is CC(F)(F)C(F)(F)CCCCOC(=O)c1ccccc1O.c1ccc([S+](c2ccccc2)c2ccccc2)cc1. The average molecular weight is 572 g/mol. The number of esters is 1. The molecule has 0 amide bonds. The Bertz CT molecular complexity index is 1220. The zero-order valence-corrected chi connectivity index (χ0v) is 22.8. The molecule has 0 aromatic heterocycles. The Hall–Kier alpha value is -3.78. The monoisotopic (exact) mass is 571 g/mol. The van der Waals surface area contributed by atoms with Crippen LogP contribution in [0.3, 0.4) is 0 Å². The summed E-state index contributed by atoms with van der Waals surface area (Å²) in [6.07, 6.45) is -1.15. The molecule has 0 fully saturated rings. The number of carbonyl (C=O) groups excluding carboxylic acids is 1. The maximum Gasteiger partial charge on any atom is 0.341 e. The zero-order chi connectivity index (χ0) is 29.0. The molecule has 0 radical (unpaired) electrons. The van der Waals surface area contributed by atoms with E-state index >= 15 is 0 Å². The number of hydrogen-bond acceptors (Lipinski definition) is 3. The lowest BCUT2D eigenvalue weighted by Gasteiger charge is -2.22. The molecule has 0 atom stereocenters. The second kappa shape index (κ2) is 14.6. The summed E-state index contributed by atoms with van der Waals surface area (Å²) in [6, 6.07) is 37.9. The van der Waals surface area contributed by atoms with E-state index in [-0.39, 0.29) is 48.6 Å². The van der Waals surface area contributed by atoms with E-state index in [1.165, 1.54) is 39.0 Å². The second-order valence-electron chi connectivity index (χ2n) is 8.95. The molecule has 40 heavy (non-hydrogen) atoms. The predicted molar refractivity (Wildman–Crippen MR) is 149 cm³/mol. The van der Waals surface area contributed by atoms with Crippen LogP contribution in [0.1, 0.15) is 36.5 Å². The summed E-state index contributed by atoms with van der Waals surface area (Å²) in [5, 5.41) is 9.40. The van der Waals surface area contributed by atoms with Gasteiger partial charge in [0.1, 0.15) is 11.3 Å². The number of para-hydroxylation sites is 1. The molecule has 0 aliphatic rings. The van der Waals surface area contributed by atoms with Crippen molar-refractivity contribution in [2.75, 3.05) is 6.61 Å². The van der Waals surface area contributed by atoms with E-state index in [2.05, 4.69) is 91.0 Å². The molecular weight excluding hydrogens is 540 g/mol. The number of ether oxygens (including phenoxy) is 1. The third-order valence-corrected chi connectivity index (χ3v) is 8.05. The van der Waals surface area contributed by atoms with E-state index < -0.39 is 24.2 Å². The third-order valence-electron chi connectivity index (χ3n) is 5.82. The Labute approximate surface area is 234 Å². The Balaban J connectivity index is 0.000000221. The van der Waals surface area contributed by atoms with Crippen molar-refractivity contribution < 1.29 is 32.2 Å². The second-order valence-corrected chi connectivity index (χ2v) is 11.0. The maximum absolute atomic E-state index is 12.9. The number of benzene rings is 4. The number of aromatic hydroxyl groups is 1. The summed E-state index contributed by atoms with van der Waals surface area (Å²) >= 11 is 0. The fourth-order valence-electron chi connectivity index (χ4n) is 3.64. The number of phenolic OH excluding ortho intramolecular Hbond substituents is 1. The van der Waals surface area contributed by atoms with Crippen LogP contribution in [0.25, 0.3) is 0 Å². The van der Waals surface area contributed by atoms with Crippen LogP contribution in [0.15, 0.2) is 130 Å². The first kappa shape index (κ1) is 30.8. The Morgan fingerprint density at radius 1 is 0.700 bits per heavy atom. The van der Waals surface area contributed by atoms with Gasteiger partial charge in [-0.15, -0.1) is 0 Å². The molecular formula is C32H31F4O3S+. The molecule has 0 saturated carbocycles. The first-order valence-corrected chi connectivity index (χ1v) is 13.9. The van der Waals surface area contributed by atoms with Gasteiger partial charge in [0, 0.05) is 13.3 Å². The van der Waals surface area contributed by atoms with Gasteiger partial charge >= 0.3 is 17.8 Å². The van der Waals surface area contributed by atoms with Crippen molar-refractivity contribution in [3.05, 3.63) is 121 Å². The van der Waals surface area contributed by atoms with Gasteiger partial charge in [-0.05, 0) is 61.4 Å². The van der Waals surface area contributed by atoms with Crippen LogP contribution in [0.2, 0.25) is 0 Å². The Morgan fingerprint density at radius 3 is 1.55 bits per heavy atom. The highest BCUT2D eigenvalue weighted by atomic mass is 32.2. The van der Waals surface area contributed by atoms with Crippen molar-refractivity contribution in [1.82, 2.24) is 0 Å². The van der Waals surface area contributed by atoms with Crippen LogP contribution < -0.4 is 0 Å². The normalized spacial score (nSPS) is 11.4. The minimum absolute atomic E-state index is 0.0146. The van der Waals surface area contributed by atoms with Crippen LogP contribution in [-0.2, 0) is 15.6 Å². The van der Waals surface area contributed by atoms with E-state index in [1.807, 2.05) is 0 Å². The third kappa shape index (κ3) is 8.88. The number of phenols is 1. The molecule has 0 unspecified atom stereocenters. The van der Waals surface area contributed by atoms with Gasteiger partial charge in [-0.3, -0.25) is 0 Å². The first-order chi connectivity index (χ1) is 19.1. The highest BCUT2D eigenvalue weighted by Gasteiger charge is 2.51. The number of carbonyl (C=O) groups is 1. The summed E-state index contributed by atoms with van der Waals surface area (Å²) in [5.41, 5.74) is -0.0390. The average Bonchev–Trinajstić information content (AvgIpc) is 2.95. The number of unbranched alkanes of at least 4 members (excludes halogenated alkanes) is 1. The fourth-order valence-corrected chi connectivity index (χ4v) is 5.74. The molecule has 3 nitrogen and oxygen atoms in total. The van der Waals surface area contributed by atoms with Crippen LogP contribution in [0.5, 0.6) is 5.75 Å². The number of alkyl halides is 4. The lowest BCUT2D eigenvalue weighted by atomic mass is 10.1. The minimum atomic E-state index is -4.07. The molecule has 4 aromatic carbocycles. The van der Waals surface area contributed by atoms with Crippen LogP contribution in [-0.4, -0.2) is 29.5 Å². The van der Waals surface area contributed by atoms with Crippen molar-refractivity contribution in [2.45, 2.75) is 52.7 Å². The predicted octanol–water partition coefficient (Wildman–Crippen LogP) is 8.79. The van der Waals surface area contributed by atoms with Gasteiger partial charge in [0.15, 0.2) is 14.7 Å². The molecule has 1 N–H and O–H groups in total. The fraction of sp³-hybridized carbons (Fsp3) is 0.219. The summed E-state index contributed by atoms with van der Waals surface area (Å²) in [7, 11) is -0.0146. The van der Waals surface area contributed by atoms with E-state index in [9.17, 15) is 27.5 Å². The number of halogens is 4. The van der Waals surface area contributed by atoms with Crippen LogP contribution >= 0.6 is 0 Å². The molecule has 0 bridgehead atoms. The molecule has 0 spiro atoms. The minimum Gasteiger partial charge on any atom is -0.507 e. The van der Waals surface area contributed by atoms with Gasteiger partial charge in [-0.25, -0.2) is 13.6 Å². The van der Waals surface area contributed by atoms with E-state index in [1.54, 1.807) is 0 Å². The van der Waals surface area contributed by atoms with Gasteiger partial charge in [-0.2, -0.15) is 8.78 Å². The van der Waals surface area contributed by atoms with Gasteiger partial charge < -0.3 is 9.84 Å². The lowest BCUT2D eigenvalue weighted by molar-refractivity contribution is -0.201. The molecule has 210 valence electrons. The molecule has 4 rings (SSSR count). The smallest absolute Gasteiger partial charge is 0.341 e. The van der Waals surface area contributed by atoms with Crippen LogP contribution in [0, 0.1) is 0 Å². The van der Waals surface area contributed by atoms with Crippen molar-refractivity contribution >= 4 is 16.9 Å². The number of rotatable bonds is 10. The summed E-state index contributed by atoms with van der Waals surface area (Å²) in [5.74, 6) is -9.19. The topological polar surface area (TPSA) is 46.5 Å². The highest BCUT2D eigenvalue weighted by molar-refractivity contribution is 7.97. The van der Waals surface area contributed by atoms with Crippen molar-refractivity contribution in [3.63, 3.8) is 0 Å².